The van der Waals surface area contributed by atoms with E-state index in [0.29, 0.717) is 35.4 Å². The van der Waals surface area contributed by atoms with Crippen LogP contribution in [0.15, 0.2) is 54.7 Å². The van der Waals surface area contributed by atoms with Crippen LogP contribution in [-0.4, -0.2) is 47.3 Å². The van der Waals surface area contributed by atoms with Gasteiger partial charge in [-0.3, -0.25) is 4.79 Å². The molecule has 1 saturated heterocycles. The van der Waals surface area contributed by atoms with Crippen LogP contribution in [0.25, 0.3) is 11.0 Å². The van der Waals surface area contributed by atoms with Gasteiger partial charge in [-0.2, -0.15) is 0 Å². The van der Waals surface area contributed by atoms with E-state index in [-0.39, 0.29) is 23.7 Å². The van der Waals surface area contributed by atoms with Crippen molar-refractivity contribution in [1.82, 2.24) is 9.55 Å². The Morgan fingerprint density at radius 3 is 2.75 bits per heavy atom. The summed E-state index contributed by atoms with van der Waals surface area (Å²) in [5.41, 5.74) is 3.66. The van der Waals surface area contributed by atoms with Crippen LogP contribution in [0.4, 0.5) is 11.4 Å². The summed E-state index contributed by atoms with van der Waals surface area (Å²) < 4.78 is 12.8. The van der Waals surface area contributed by atoms with Gasteiger partial charge in [-0.25, -0.2) is 9.78 Å². The molecular weight excluding hydrogens is 456 g/mol. The van der Waals surface area contributed by atoms with Gasteiger partial charge in [-0.1, -0.05) is 23.8 Å². The molecule has 0 bridgehead atoms. The molecule has 190 valence electrons. The SMILES string of the molecule is C=C(C)CC[C@H](C)Nc1cnc2c(c1)c(NC(=O)c1ccccc1)c(C(=O)OC)n2C[C@@H]1CCCO1. The van der Waals surface area contributed by atoms with Gasteiger partial charge in [0.1, 0.15) is 5.65 Å². The van der Waals surface area contributed by atoms with Gasteiger partial charge in [0.2, 0.25) is 0 Å². The molecular formula is C28H34N4O4. The maximum atomic E-state index is 13.1. The Hall–Kier alpha value is -3.65. The highest BCUT2D eigenvalue weighted by Gasteiger charge is 2.29. The number of hydrogen-bond acceptors (Lipinski definition) is 6. The van der Waals surface area contributed by atoms with Crippen molar-refractivity contribution in [3.05, 3.63) is 66.0 Å². The Morgan fingerprint density at radius 2 is 2.08 bits per heavy atom. The van der Waals surface area contributed by atoms with E-state index in [1.807, 2.05) is 23.6 Å². The lowest BCUT2D eigenvalue weighted by Gasteiger charge is -2.16. The molecule has 36 heavy (non-hydrogen) atoms. The number of anilines is 2. The van der Waals surface area contributed by atoms with Gasteiger partial charge >= 0.3 is 5.97 Å². The molecule has 0 radical (unpaired) electrons. The van der Waals surface area contributed by atoms with Crippen LogP contribution in [0.3, 0.4) is 0 Å². The van der Waals surface area contributed by atoms with E-state index in [9.17, 15) is 9.59 Å². The van der Waals surface area contributed by atoms with Crippen molar-refractivity contribution in [3.8, 4) is 0 Å². The number of carbonyl (C=O) groups excluding carboxylic acids is 2. The number of nitrogens with one attached hydrogen (secondary N) is 2. The number of ether oxygens (including phenoxy) is 2. The fraction of sp³-hybridized carbons (Fsp3) is 0.393. The number of amides is 1. The molecule has 3 heterocycles. The molecule has 1 aliphatic rings. The second-order valence-electron chi connectivity index (χ2n) is 9.42. The molecule has 0 unspecified atom stereocenters. The Bertz CT molecular complexity index is 1250. The number of hydrogen-bond donors (Lipinski definition) is 2. The fourth-order valence-electron chi connectivity index (χ4n) is 4.50. The smallest absolute Gasteiger partial charge is 0.356 e. The Morgan fingerprint density at radius 1 is 1.31 bits per heavy atom. The zero-order chi connectivity index (χ0) is 25.7. The topological polar surface area (TPSA) is 94.5 Å². The van der Waals surface area contributed by atoms with E-state index in [1.54, 1.807) is 30.5 Å². The van der Waals surface area contributed by atoms with Crippen LogP contribution in [0.5, 0.6) is 0 Å². The molecule has 1 fully saturated rings. The third kappa shape index (κ3) is 5.76. The van der Waals surface area contributed by atoms with Gasteiger partial charge in [-0.05, 0) is 57.7 Å². The second kappa shape index (κ2) is 11.4. The van der Waals surface area contributed by atoms with Gasteiger partial charge < -0.3 is 24.7 Å². The zero-order valence-electron chi connectivity index (χ0n) is 21.2. The van der Waals surface area contributed by atoms with Crippen molar-refractivity contribution < 1.29 is 19.1 Å². The van der Waals surface area contributed by atoms with Gasteiger partial charge in [0.25, 0.3) is 5.91 Å². The Balaban J connectivity index is 1.78. The van der Waals surface area contributed by atoms with Crippen LogP contribution < -0.4 is 10.6 Å². The Labute approximate surface area is 211 Å². The lowest BCUT2D eigenvalue weighted by Crippen LogP contribution is -2.21. The number of benzene rings is 1. The molecule has 0 spiro atoms. The first-order chi connectivity index (χ1) is 17.4. The second-order valence-corrected chi connectivity index (χ2v) is 9.42. The monoisotopic (exact) mass is 490 g/mol. The first kappa shape index (κ1) is 25.4. The summed E-state index contributed by atoms with van der Waals surface area (Å²) >= 11 is 0. The predicted octanol–water partition coefficient (Wildman–Crippen LogP) is 5.41. The third-order valence-corrected chi connectivity index (χ3v) is 6.38. The number of fused-ring (bicyclic) bond motifs is 1. The van der Waals surface area contributed by atoms with Crippen LogP contribution in [0.1, 0.15) is 60.4 Å². The van der Waals surface area contributed by atoms with Crippen molar-refractivity contribution in [2.45, 2.75) is 58.2 Å². The number of pyridine rings is 1. The third-order valence-electron chi connectivity index (χ3n) is 6.38. The van der Waals surface area contributed by atoms with Gasteiger partial charge in [-0.15, -0.1) is 6.58 Å². The average molecular weight is 491 g/mol. The number of rotatable bonds is 10. The van der Waals surface area contributed by atoms with Gasteiger partial charge in [0.15, 0.2) is 5.69 Å². The molecule has 0 aliphatic carbocycles. The van der Waals surface area contributed by atoms with E-state index in [4.69, 9.17) is 14.5 Å². The van der Waals surface area contributed by atoms with Crippen molar-refractivity contribution in [2.24, 2.45) is 0 Å². The minimum Gasteiger partial charge on any atom is -0.464 e. The van der Waals surface area contributed by atoms with E-state index >= 15 is 0 Å². The largest absolute Gasteiger partial charge is 0.464 e. The average Bonchev–Trinajstić information content (AvgIpc) is 3.49. The van der Waals surface area contributed by atoms with Crippen LogP contribution >= 0.6 is 0 Å². The quantitative estimate of drug-likeness (QED) is 0.291. The molecule has 1 amide bonds. The maximum Gasteiger partial charge on any atom is 0.356 e. The number of allylic oxidation sites excluding steroid dienone is 1. The van der Waals surface area contributed by atoms with E-state index in [1.165, 1.54) is 7.11 Å². The number of aromatic nitrogens is 2. The summed E-state index contributed by atoms with van der Waals surface area (Å²) in [6.45, 7) is 9.24. The molecule has 8 nitrogen and oxygen atoms in total. The highest BCUT2D eigenvalue weighted by atomic mass is 16.5. The fourth-order valence-corrected chi connectivity index (χ4v) is 4.50. The van der Waals surface area contributed by atoms with Crippen molar-refractivity contribution in [2.75, 3.05) is 24.4 Å². The predicted molar refractivity (Wildman–Crippen MR) is 142 cm³/mol. The van der Waals surface area contributed by atoms with E-state index in [2.05, 4.69) is 24.1 Å². The van der Waals surface area contributed by atoms with Crippen molar-refractivity contribution in [3.63, 3.8) is 0 Å². The lowest BCUT2D eigenvalue weighted by atomic mass is 10.1. The number of esters is 1. The summed E-state index contributed by atoms with van der Waals surface area (Å²) in [4.78, 5) is 30.9. The van der Waals surface area contributed by atoms with E-state index in [0.717, 1.165) is 36.9 Å². The minimum atomic E-state index is -0.543. The van der Waals surface area contributed by atoms with Gasteiger partial charge in [0, 0.05) is 23.6 Å². The highest BCUT2D eigenvalue weighted by molar-refractivity contribution is 6.14. The number of carbonyl (C=O) groups is 2. The molecule has 8 heteroatoms. The molecule has 1 aliphatic heterocycles. The summed E-state index contributed by atoms with van der Waals surface area (Å²) in [6, 6.07) is 11.0. The molecule has 4 rings (SSSR count). The van der Waals surface area contributed by atoms with Crippen molar-refractivity contribution >= 4 is 34.3 Å². The maximum absolute atomic E-state index is 13.1. The minimum absolute atomic E-state index is 0.0385. The molecule has 2 atom stereocenters. The molecule has 0 saturated carbocycles. The molecule has 1 aromatic carbocycles. The zero-order valence-corrected chi connectivity index (χ0v) is 21.2. The lowest BCUT2D eigenvalue weighted by molar-refractivity contribution is 0.0580. The number of methoxy groups -OCH3 is 1. The van der Waals surface area contributed by atoms with E-state index < -0.39 is 5.97 Å². The normalized spacial score (nSPS) is 16.0. The first-order valence-electron chi connectivity index (χ1n) is 12.4. The standard InChI is InChI=1S/C28H34N4O4/c1-18(2)12-13-19(3)30-21-15-23-24(31-27(33)20-9-6-5-7-10-20)25(28(34)35-4)32(26(23)29-16-21)17-22-11-8-14-36-22/h5-7,9-10,15-16,19,22,30H,1,8,11-14,17H2,2-4H3,(H,31,33)/t19-,22-/m0/s1. The summed E-state index contributed by atoms with van der Waals surface area (Å²) in [5, 5.41) is 7.11. The highest BCUT2D eigenvalue weighted by Crippen LogP contribution is 2.34. The van der Waals surface area contributed by atoms with Crippen LogP contribution in [-0.2, 0) is 16.0 Å². The number of nitrogens with zero attached hydrogens (tertiary/aromatic N) is 2. The molecule has 2 aromatic heterocycles. The summed E-state index contributed by atoms with van der Waals surface area (Å²) in [5.74, 6) is -0.858. The van der Waals surface area contributed by atoms with Crippen LogP contribution in [0, 0.1) is 0 Å². The van der Waals surface area contributed by atoms with Crippen LogP contribution in [0.2, 0.25) is 0 Å². The summed E-state index contributed by atoms with van der Waals surface area (Å²) in [6.07, 6.45) is 5.44. The van der Waals surface area contributed by atoms with Crippen molar-refractivity contribution in [1.29, 1.82) is 0 Å². The Kier molecular flexibility index (Phi) is 8.05. The first-order valence-corrected chi connectivity index (χ1v) is 12.4. The van der Waals surface area contributed by atoms with Gasteiger partial charge in [0.05, 0.1) is 37.3 Å². The molecule has 2 N–H and O–H groups in total. The summed E-state index contributed by atoms with van der Waals surface area (Å²) in [7, 11) is 1.34. The molecule has 3 aromatic rings.